The van der Waals surface area contributed by atoms with Crippen LogP contribution in [-0.2, 0) is 9.53 Å². The van der Waals surface area contributed by atoms with E-state index < -0.39 is 5.97 Å². The minimum atomic E-state index is -0.789. The van der Waals surface area contributed by atoms with Gasteiger partial charge in [-0.3, -0.25) is 4.79 Å². The lowest BCUT2D eigenvalue weighted by Gasteiger charge is -2.44. The Kier molecular flexibility index (Phi) is 4.29. The highest BCUT2D eigenvalue weighted by Gasteiger charge is 2.37. The van der Waals surface area contributed by atoms with Crippen LogP contribution < -0.4 is 0 Å². The van der Waals surface area contributed by atoms with Crippen LogP contribution in [0.5, 0.6) is 0 Å². The van der Waals surface area contributed by atoms with Crippen molar-refractivity contribution in [3.8, 4) is 0 Å². The molecule has 0 saturated carbocycles. The molecule has 2 unspecified atom stereocenters. The number of aliphatic carboxylic acids is 1. The number of rotatable bonds is 3. The van der Waals surface area contributed by atoms with Crippen LogP contribution in [0.15, 0.2) is 0 Å². The van der Waals surface area contributed by atoms with Crippen molar-refractivity contribution >= 4 is 12.0 Å². The second-order valence-electron chi connectivity index (χ2n) is 5.64. The number of amides is 2. The number of ether oxygens (including phenoxy) is 1. The molecule has 2 fully saturated rings. The van der Waals surface area contributed by atoms with Crippen LogP contribution in [0.3, 0.4) is 0 Å². The van der Waals surface area contributed by atoms with Gasteiger partial charge in [0.1, 0.15) is 0 Å². The number of methoxy groups -OCH3 is 1. The molecule has 2 rings (SSSR count). The molecule has 2 heterocycles. The molecule has 0 aliphatic carbocycles. The van der Waals surface area contributed by atoms with Crippen LogP contribution in [0.1, 0.15) is 19.8 Å². The molecular weight excluding hydrogens is 248 g/mol. The van der Waals surface area contributed by atoms with Gasteiger partial charge in [-0.25, -0.2) is 4.79 Å². The number of hydrogen-bond donors (Lipinski definition) is 1. The first-order chi connectivity index (χ1) is 9.01. The average Bonchev–Trinajstić information content (AvgIpc) is 2.33. The molecule has 0 radical (unpaired) electrons. The molecule has 6 nitrogen and oxygen atoms in total. The van der Waals surface area contributed by atoms with Crippen LogP contribution in [-0.4, -0.2) is 66.3 Å². The topological polar surface area (TPSA) is 70.1 Å². The van der Waals surface area contributed by atoms with E-state index in [0.717, 1.165) is 13.0 Å². The van der Waals surface area contributed by atoms with Gasteiger partial charge in [0.15, 0.2) is 0 Å². The second kappa shape index (κ2) is 5.77. The van der Waals surface area contributed by atoms with E-state index in [1.165, 1.54) is 0 Å². The van der Waals surface area contributed by atoms with Gasteiger partial charge in [0.25, 0.3) is 0 Å². The summed E-state index contributed by atoms with van der Waals surface area (Å²) in [5.41, 5.74) is 0. The maximum absolute atomic E-state index is 12.2. The fourth-order valence-corrected chi connectivity index (χ4v) is 2.82. The highest BCUT2D eigenvalue weighted by atomic mass is 16.5. The Bertz CT molecular complexity index is 355. The van der Waals surface area contributed by atoms with E-state index in [4.69, 9.17) is 9.84 Å². The predicted octanol–water partition coefficient (Wildman–Crippen LogP) is 0.870. The van der Waals surface area contributed by atoms with Crippen LogP contribution in [0, 0.1) is 11.8 Å². The summed E-state index contributed by atoms with van der Waals surface area (Å²) in [4.78, 5) is 26.4. The van der Waals surface area contributed by atoms with E-state index in [-0.39, 0.29) is 24.5 Å². The molecule has 19 heavy (non-hydrogen) atoms. The van der Waals surface area contributed by atoms with Crippen LogP contribution in [0.4, 0.5) is 4.79 Å². The lowest BCUT2D eigenvalue weighted by molar-refractivity contribution is -0.139. The number of piperidine rings is 1. The van der Waals surface area contributed by atoms with Gasteiger partial charge in [0.05, 0.1) is 12.5 Å². The third-order valence-corrected chi connectivity index (χ3v) is 4.15. The number of carbonyl (C=O) groups is 2. The minimum absolute atomic E-state index is 0.0237. The maximum Gasteiger partial charge on any atom is 0.320 e. The molecule has 0 aromatic carbocycles. The molecule has 2 atom stereocenters. The van der Waals surface area contributed by atoms with E-state index in [0.29, 0.717) is 25.6 Å². The van der Waals surface area contributed by atoms with Gasteiger partial charge < -0.3 is 19.6 Å². The number of urea groups is 1. The third-order valence-electron chi connectivity index (χ3n) is 4.15. The molecule has 2 aliphatic rings. The highest BCUT2D eigenvalue weighted by molar-refractivity contribution is 5.76. The van der Waals surface area contributed by atoms with Crippen LogP contribution in [0.2, 0.25) is 0 Å². The van der Waals surface area contributed by atoms with Gasteiger partial charge in [0, 0.05) is 39.2 Å². The third kappa shape index (κ3) is 3.18. The van der Waals surface area contributed by atoms with Crippen molar-refractivity contribution in [2.45, 2.75) is 25.9 Å². The summed E-state index contributed by atoms with van der Waals surface area (Å²) in [5.74, 6) is -0.197. The van der Waals surface area contributed by atoms with Crippen molar-refractivity contribution in [2.75, 3.05) is 33.3 Å². The standard InChI is InChI=1S/C13H22N2O4/c1-9-3-4-14(8-11(9)19-2)13(18)15-6-10(7-15)5-12(16)17/h9-11H,3-8H2,1-2H3,(H,16,17). The maximum atomic E-state index is 12.2. The normalized spacial score (nSPS) is 28.1. The average molecular weight is 270 g/mol. The fourth-order valence-electron chi connectivity index (χ4n) is 2.82. The Morgan fingerprint density at radius 2 is 1.95 bits per heavy atom. The SMILES string of the molecule is COC1CN(C(=O)N2CC(CC(=O)O)C2)CCC1C. The van der Waals surface area contributed by atoms with Crippen molar-refractivity contribution in [1.29, 1.82) is 0 Å². The summed E-state index contributed by atoms with van der Waals surface area (Å²) < 4.78 is 5.40. The Morgan fingerprint density at radius 1 is 1.26 bits per heavy atom. The smallest absolute Gasteiger partial charge is 0.320 e. The summed E-state index contributed by atoms with van der Waals surface area (Å²) in [7, 11) is 1.68. The largest absolute Gasteiger partial charge is 0.481 e. The van der Waals surface area contributed by atoms with Gasteiger partial charge in [-0.05, 0) is 12.3 Å². The zero-order valence-corrected chi connectivity index (χ0v) is 11.5. The molecule has 2 saturated heterocycles. The molecular formula is C13H22N2O4. The van der Waals surface area contributed by atoms with Crippen molar-refractivity contribution in [2.24, 2.45) is 11.8 Å². The van der Waals surface area contributed by atoms with Crippen molar-refractivity contribution in [3.05, 3.63) is 0 Å². The Labute approximate surface area is 113 Å². The first-order valence-corrected chi connectivity index (χ1v) is 6.79. The molecule has 0 spiro atoms. The lowest BCUT2D eigenvalue weighted by Crippen LogP contribution is -2.58. The first-order valence-electron chi connectivity index (χ1n) is 6.79. The van der Waals surface area contributed by atoms with Crippen LogP contribution >= 0.6 is 0 Å². The van der Waals surface area contributed by atoms with Crippen molar-refractivity contribution < 1.29 is 19.4 Å². The Balaban J connectivity index is 1.80. The summed E-state index contributed by atoms with van der Waals surface area (Å²) in [5, 5.41) is 8.69. The van der Waals surface area contributed by atoms with Crippen molar-refractivity contribution in [3.63, 3.8) is 0 Å². The number of hydrogen-bond acceptors (Lipinski definition) is 3. The number of carbonyl (C=O) groups excluding carboxylic acids is 1. The Morgan fingerprint density at radius 3 is 2.53 bits per heavy atom. The summed E-state index contributed by atoms with van der Waals surface area (Å²) in [6.07, 6.45) is 1.21. The van der Waals surface area contributed by atoms with E-state index in [9.17, 15) is 9.59 Å². The first kappa shape index (κ1) is 14.1. The number of carboxylic acids is 1. The van der Waals surface area contributed by atoms with E-state index in [1.807, 2.05) is 4.90 Å². The van der Waals surface area contributed by atoms with Gasteiger partial charge >= 0.3 is 12.0 Å². The zero-order valence-electron chi connectivity index (χ0n) is 11.5. The lowest BCUT2D eigenvalue weighted by atomic mass is 9.94. The number of nitrogens with zero attached hydrogens (tertiary/aromatic N) is 2. The molecule has 2 aliphatic heterocycles. The molecule has 6 heteroatoms. The molecule has 0 bridgehead atoms. The van der Waals surface area contributed by atoms with Gasteiger partial charge in [-0.2, -0.15) is 0 Å². The van der Waals surface area contributed by atoms with Gasteiger partial charge in [-0.15, -0.1) is 0 Å². The quantitative estimate of drug-likeness (QED) is 0.826. The minimum Gasteiger partial charge on any atom is -0.481 e. The van der Waals surface area contributed by atoms with Crippen LogP contribution in [0.25, 0.3) is 0 Å². The van der Waals surface area contributed by atoms with Gasteiger partial charge in [-0.1, -0.05) is 6.92 Å². The summed E-state index contributed by atoms with van der Waals surface area (Å²) >= 11 is 0. The predicted molar refractivity (Wildman–Crippen MR) is 68.9 cm³/mol. The molecule has 0 aromatic heterocycles. The van der Waals surface area contributed by atoms with Gasteiger partial charge in [0.2, 0.25) is 0 Å². The number of carboxylic acid groups (broad SMARTS) is 1. The number of likely N-dealkylation sites (tertiary alicyclic amines) is 2. The molecule has 1 N–H and O–H groups in total. The molecule has 2 amide bonds. The fraction of sp³-hybridized carbons (Fsp3) is 0.846. The van der Waals surface area contributed by atoms with Crippen molar-refractivity contribution in [1.82, 2.24) is 9.80 Å². The summed E-state index contributed by atoms with van der Waals surface area (Å²) in [6.45, 7) is 4.67. The molecule has 108 valence electrons. The van der Waals surface area contributed by atoms with E-state index in [2.05, 4.69) is 6.92 Å². The Hall–Kier alpha value is -1.30. The monoisotopic (exact) mass is 270 g/mol. The summed E-state index contributed by atoms with van der Waals surface area (Å²) in [6, 6.07) is 0.0237. The van der Waals surface area contributed by atoms with E-state index in [1.54, 1.807) is 12.0 Å². The second-order valence-corrected chi connectivity index (χ2v) is 5.64. The zero-order chi connectivity index (χ0) is 14.0. The molecule has 0 aromatic rings. The van der Waals surface area contributed by atoms with E-state index >= 15 is 0 Å². The highest BCUT2D eigenvalue weighted by Crippen LogP contribution is 2.24.